The fourth-order valence-electron chi connectivity index (χ4n) is 3.81. The van der Waals surface area contributed by atoms with E-state index < -0.39 is 17.5 Å². The van der Waals surface area contributed by atoms with Crippen LogP contribution in [0.5, 0.6) is 5.75 Å². The summed E-state index contributed by atoms with van der Waals surface area (Å²) in [6.07, 6.45) is 6.23. The quantitative estimate of drug-likeness (QED) is 0.594. The van der Waals surface area contributed by atoms with Crippen LogP contribution in [0.4, 0.5) is 4.79 Å². The highest BCUT2D eigenvalue weighted by Crippen LogP contribution is 2.32. The summed E-state index contributed by atoms with van der Waals surface area (Å²) in [7, 11) is 0. The van der Waals surface area contributed by atoms with Gasteiger partial charge in [-0.05, 0) is 47.5 Å². The third-order valence-corrected chi connectivity index (χ3v) is 5.62. The molecule has 0 aromatic carbocycles. The molecular formula is C24H33N5O6. The number of esters is 1. The van der Waals surface area contributed by atoms with Gasteiger partial charge in [0.15, 0.2) is 5.69 Å². The highest BCUT2D eigenvalue weighted by Gasteiger charge is 2.28. The summed E-state index contributed by atoms with van der Waals surface area (Å²) in [5.41, 5.74) is 1.16. The maximum atomic E-state index is 12.3. The highest BCUT2D eigenvalue weighted by atomic mass is 16.6. The number of amides is 2. The minimum atomic E-state index is -0.669. The van der Waals surface area contributed by atoms with Crippen LogP contribution in [0.2, 0.25) is 0 Å². The van der Waals surface area contributed by atoms with Gasteiger partial charge in [-0.25, -0.2) is 9.78 Å². The standard InChI is InChI=1S/C24H33N5O6/c1-6-34-19(30)13-26-22(32)20-21(31)15(2)18(12-25-20)16-11-27-29(14-16)17-7-9-28(10-8-17)23(33)35-24(3,4)5/h11-12,14,17,31H,6-10,13H2,1-5H3,(H,26,32). The first-order chi connectivity index (χ1) is 16.5. The van der Waals surface area contributed by atoms with Crippen LogP contribution in [0.1, 0.15) is 62.6 Å². The largest absolute Gasteiger partial charge is 0.505 e. The first kappa shape index (κ1) is 26.0. The molecule has 0 aliphatic carbocycles. The van der Waals surface area contributed by atoms with Crippen molar-refractivity contribution in [1.82, 2.24) is 25.0 Å². The number of pyridine rings is 1. The molecule has 0 saturated carbocycles. The number of piperidine rings is 1. The first-order valence-corrected chi connectivity index (χ1v) is 11.6. The van der Waals surface area contributed by atoms with Crippen LogP contribution in [0.15, 0.2) is 18.6 Å². The van der Waals surface area contributed by atoms with E-state index in [1.54, 1.807) is 24.9 Å². The number of carbonyl (C=O) groups is 3. The second kappa shape index (κ2) is 10.7. The minimum Gasteiger partial charge on any atom is -0.505 e. The fourth-order valence-corrected chi connectivity index (χ4v) is 3.81. The average Bonchev–Trinajstić information content (AvgIpc) is 3.28. The number of rotatable bonds is 6. The van der Waals surface area contributed by atoms with Crippen LogP contribution in [0.3, 0.4) is 0 Å². The Morgan fingerprint density at radius 3 is 2.51 bits per heavy atom. The topological polar surface area (TPSA) is 136 Å². The Morgan fingerprint density at radius 2 is 1.89 bits per heavy atom. The summed E-state index contributed by atoms with van der Waals surface area (Å²) < 4.78 is 12.1. The number of ether oxygens (including phenoxy) is 2. The number of hydrogen-bond donors (Lipinski definition) is 2. The van der Waals surface area contributed by atoms with E-state index in [2.05, 4.69) is 15.4 Å². The first-order valence-electron chi connectivity index (χ1n) is 11.6. The van der Waals surface area contributed by atoms with Crippen molar-refractivity contribution in [1.29, 1.82) is 0 Å². The Morgan fingerprint density at radius 1 is 1.20 bits per heavy atom. The van der Waals surface area contributed by atoms with Crippen LogP contribution >= 0.6 is 0 Å². The molecule has 1 saturated heterocycles. The molecule has 0 unspecified atom stereocenters. The zero-order valence-electron chi connectivity index (χ0n) is 20.8. The van der Waals surface area contributed by atoms with Gasteiger partial charge in [-0.2, -0.15) is 5.10 Å². The van der Waals surface area contributed by atoms with Crippen LogP contribution in [-0.2, 0) is 14.3 Å². The Bertz CT molecular complexity index is 1080. The summed E-state index contributed by atoms with van der Waals surface area (Å²) in [6, 6.07) is 0.122. The van der Waals surface area contributed by atoms with Gasteiger partial charge in [0.05, 0.1) is 18.8 Å². The molecule has 0 radical (unpaired) electrons. The lowest BCUT2D eigenvalue weighted by Gasteiger charge is -2.33. The van der Waals surface area contributed by atoms with Crippen molar-refractivity contribution in [2.24, 2.45) is 0 Å². The third-order valence-electron chi connectivity index (χ3n) is 5.62. The molecule has 2 aromatic heterocycles. The van der Waals surface area contributed by atoms with Crippen molar-refractivity contribution in [3.05, 3.63) is 29.8 Å². The molecule has 1 fully saturated rings. The van der Waals surface area contributed by atoms with Crippen molar-refractivity contribution in [2.75, 3.05) is 26.2 Å². The number of likely N-dealkylation sites (tertiary alicyclic amines) is 1. The number of hydrogen-bond acceptors (Lipinski definition) is 8. The lowest BCUT2D eigenvalue weighted by molar-refractivity contribution is -0.141. The minimum absolute atomic E-state index is 0.122. The molecule has 3 heterocycles. The second-order valence-corrected chi connectivity index (χ2v) is 9.39. The van der Waals surface area contributed by atoms with Gasteiger partial charge in [0, 0.05) is 42.2 Å². The van der Waals surface area contributed by atoms with Crippen molar-refractivity contribution < 1.29 is 29.0 Å². The molecule has 2 amide bonds. The van der Waals surface area contributed by atoms with Gasteiger partial charge in [-0.1, -0.05) is 0 Å². The molecule has 1 aliphatic heterocycles. The van der Waals surface area contributed by atoms with E-state index in [0.29, 0.717) is 24.2 Å². The normalized spacial score (nSPS) is 14.5. The predicted octanol–water partition coefficient (Wildman–Crippen LogP) is 2.82. The average molecular weight is 488 g/mol. The zero-order chi connectivity index (χ0) is 25.8. The highest BCUT2D eigenvalue weighted by molar-refractivity contribution is 5.97. The lowest BCUT2D eigenvalue weighted by Crippen LogP contribution is -2.42. The molecule has 3 rings (SSSR count). The number of aromatic nitrogens is 3. The Kier molecular flexibility index (Phi) is 7.98. The van der Waals surface area contributed by atoms with E-state index in [1.165, 1.54) is 6.20 Å². The van der Waals surface area contributed by atoms with Gasteiger partial charge in [-0.15, -0.1) is 0 Å². The number of nitrogens with one attached hydrogen (secondary N) is 1. The maximum Gasteiger partial charge on any atom is 0.410 e. The molecule has 2 N–H and O–H groups in total. The molecule has 11 heteroatoms. The number of carbonyl (C=O) groups excluding carboxylic acids is 3. The molecule has 2 aromatic rings. The smallest absolute Gasteiger partial charge is 0.410 e. The molecule has 190 valence electrons. The molecule has 0 bridgehead atoms. The number of nitrogens with zero attached hydrogens (tertiary/aromatic N) is 4. The van der Waals surface area contributed by atoms with Crippen LogP contribution in [0.25, 0.3) is 11.1 Å². The van der Waals surface area contributed by atoms with Crippen molar-refractivity contribution in [3.63, 3.8) is 0 Å². The van der Waals surface area contributed by atoms with Crippen molar-refractivity contribution in [2.45, 2.75) is 59.1 Å². The summed E-state index contributed by atoms with van der Waals surface area (Å²) in [5, 5.41) is 17.5. The summed E-state index contributed by atoms with van der Waals surface area (Å²) in [6.45, 7) is 9.95. The lowest BCUT2D eigenvalue weighted by atomic mass is 10.0. The van der Waals surface area contributed by atoms with Crippen LogP contribution in [-0.4, -0.2) is 74.6 Å². The van der Waals surface area contributed by atoms with E-state index >= 15 is 0 Å². The van der Waals surface area contributed by atoms with Gasteiger partial charge in [-0.3, -0.25) is 14.3 Å². The predicted molar refractivity (Wildman–Crippen MR) is 127 cm³/mol. The second-order valence-electron chi connectivity index (χ2n) is 9.39. The van der Waals surface area contributed by atoms with E-state index in [1.807, 2.05) is 31.6 Å². The molecule has 1 aliphatic rings. The van der Waals surface area contributed by atoms with Crippen LogP contribution < -0.4 is 5.32 Å². The molecular weight excluding hydrogens is 454 g/mol. The fraction of sp³-hybridized carbons (Fsp3) is 0.542. The Labute approximate surface area is 204 Å². The van der Waals surface area contributed by atoms with E-state index in [0.717, 1.165) is 18.4 Å². The Hall–Kier alpha value is -3.63. The molecule has 0 atom stereocenters. The van der Waals surface area contributed by atoms with Gasteiger partial charge in [0.2, 0.25) is 0 Å². The maximum absolute atomic E-state index is 12.3. The third kappa shape index (κ3) is 6.49. The summed E-state index contributed by atoms with van der Waals surface area (Å²) in [4.78, 5) is 41.9. The van der Waals surface area contributed by atoms with E-state index in [9.17, 15) is 19.5 Å². The van der Waals surface area contributed by atoms with Crippen molar-refractivity contribution in [3.8, 4) is 16.9 Å². The molecule has 11 nitrogen and oxygen atoms in total. The summed E-state index contributed by atoms with van der Waals surface area (Å²) in [5.74, 6) is -1.50. The monoisotopic (exact) mass is 487 g/mol. The van der Waals surface area contributed by atoms with Crippen LogP contribution in [0, 0.1) is 6.92 Å². The van der Waals surface area contributed by atoms with Gasteiger partial charge < -0.3 is 24.8 Å². The zero-order valence-corrected chi connectivity index (χ0v) is 20.8. The molecule has 0 spiro atoms. The van der Waals surface area contributed by atoms with Gasteiger partial charge in [0.1, 0.15) is 17.9 Å². The van der Waals surface area contributed by atoms with Gasteiger partial charge in [0.25, 0.3) is 5.91 Å². The SMILES string of the molecule is CCOC(=O)CNC(=O)c1ncc(-c2cnn(C3CCN(C(=O)OC(C)(C)C)CC3)c2)c(C)c1O. The Balaban J connectivity index is 1.65. The number of aromatic hydroxyl groups is 1. The van der Waals surface area contributed by atoms with E-state index in [-0.39, 0.29) is 36.7 Å². The summed E-state index contributed by atoms with van der Waals surface area (Å²) >= 11 is 0. The van der Waals surface area contributed by atoms with E-state index in [4.69, 9.17) is 9.47 Å². The van der Waals surface area contributed by atoms with Crippen molar-refractivity contribution >= 4 is 18.0 Å². The van der Waals surface area contributed by atoms with Gasteiger partial charge >= 0.3 is 12.1 Å². The molecule has 35 heavy (non-hydrogen) atoms.